The Balaban J connectivity index is 1.50. The molecule has 0 aliphatic rings. The standard InChI is InChI=1S/C20H21N3O2/c1-14-6-8-17(9-7-14)20-23-22-19(25-20)11-10-18(24)21-13-16-5-3-4-15(2)12-16/h3-9,12H,10-11,13H2,1-2H3,(H,21,24). The first-order chi connectivity index (χ1) is 12.1. The van der Waals surface area contributed by atoms with Crippen LogP contribution in [0.4, 0.5) is 0 Å². The molecule has 5 heteroatoms. The molecule has 1 N–H and O–H groups in total. The first-order valence-electron chi connectivity index (χ1n) is 8.32. The highest BCUT2D eigenvalue weighted by Gasteiger charge is 2.10. The van der Waals surface area contributed by atoms with Gasteiger partial charge in [-0.05, 0) is 31.5 Å². The van der Waals surface area contributed by atoms with E-state index in [1.807, 2.05) is 56.3 Å². The molecule has 25 heavy (non-hydrogen) atoms. The van der Waals surface area contributed by atoms with E-state index in [9.17, 15) is 4.79 Å². The van der Waals surface area contributed by atoms with Crippen LogP contribution >= 0.6 is 0 Å². The number of carbonyl (C=O) groups is 1. The monoisotopic (exact) mass is 335 g/mol. The van der Waals surface area contributed by atoms with Gasteiger partial charge in [-0.2, -0.15) is 0 Å². The van der Waals surface area contributed by atoms with Crippen molar-refractivity contribution in [3.63, 3.8) is 0 Å². The highest BCUT2D eigenvalue weighted by Crippen LogP contribution is 2.18. The van der Waals surface area contributed by atoms with Gasteiger partial charge in [-0.15, -0.1) is 10.2 Å². The van der Waals surface area contributed by atoms with Crippen LogP contribution in [0.5, 0.6) is 0 Å². The van der Waals surface area contributed by atoms with E-state index < -0.39 is 0 Å². The van der Waals surface area contributed by atoms with Crippen molar-refractivity contribution in [3.8, 4) is 11.5 Å². The van der Waals surface area contributed by atoms with Gasteiger partial charge in [-0.25, -0.2) is 0 Å². The number of benzene rings is 2. The van der Waals surface area contributed by atoms with Gasteiger partial charge in [0.05, 0.1) is 0 Å². The summed E-state index contributed by atoms with van der Waals surface area (Å²) in [4.78, 5) is 12.0. The molecule has 0 radical (unpaired) electrons. The molecule has 0 fully saturated rings. The zero-order valence-corrected chi connectivity index (χ0v) is 14.5. The maximum absolute atomic E-state index is 12.0. The van der Waals surface area contributed by atoms with Crippen LogP contribution < -0.4 is 5.32 Å². The molecular formula is C20H21N3O2. The van der Waals surface area contributed by atoms with Gasteiger partial charge in [-0.3, -0.25) is 4.79 Å². The molecule has 0 unspecified atom stereocenters. The summed E-state index contributed by atoms with van der Waals surface area (Å²) in [6.45, 7) is 4.59. The second kappa shape index (κ2) is 7.75. The number of hydrogen-bond donors (Lipinski definition) is 1. The van der Waals surface area contributed by atoms with E-state index in [1.165, 1.54) is 11.1 Å². The average molecular weight is 335 g/mol. The minimum Gasteiger partial charge on any atom is -0.421 e. The Bertz CT molecular complexity index is 853. The molecule has 0 aliphatic carbocycles. The average Bonchev–Trinajstić information content (AvgIpc) is 3.08. The van der Waals surface area contributed by atoms with Crippen LogP contribution in [0.3, 0.4) is 0 Å². The third-order valence-corrected chi connectivity index (χ3v) is 3.90. The molecule has 3 rings (SSSR count). The molecule has 1 amide bonds. The van der Waals surface area contributed by atoms with Gasteiger partial charge in [0, 0.05) is 24.9 Å². The number of aromatic nitrogens is 2. The first-order valence-corrected chi connectivity index (χ1v) is 8.32. The van der Waals surface area contributed by atoms with E-state index in [0.29, 0.717) is 31.2 Å². The topological polar surface area (TPSA) is 68.0 Å². The maximum Gasteiger partial charge on any atom is 0.247 e. The molecule has 5 nitrogen and oxygen atoms in total. The molecule has 0 aliphatic heterocycles. The smallest absolute Gasteiger partial charge is 0.247 e. The predicted molar refractivity (Wildman–Crippen MR) is 95.8 cm³/mol. The van der Waals surface area contributed by atoms with Crippen LogP contribution in [0.2, 0.25) is 0 Å². The molecule has 2 aromatic carbocycles. The van der Waals surface area contributed by atoms with Crippen molar-refractivity contribution < 1.29 is 9.21 Å². The zero-order chi connectivity index (χ0) is 17.6. The van der Waals surface area contributed by atoms with Gasteiger partial charge < -0.3 is 9.73 Å². The van der Waals surface area contributed by atoms with E-state index in [4.69, 9.17) is 4.42 Å². The lowest BCUT2D eigenvalue weighted by Gasteiger charge is -2.05. The predicted octanol–water partition coefficient (Wildman–Crippen LogP) is 3.60. The summed E-state index contributed by atoms with van der Waals surface area (Å²) in [7, 11) is 0. The normalized spacial score (nSPS) is 10.6. The SMILES string of the molecule is Cc1ccc(-c2nnc(CCC(=O)NCc3cccc(C)c3)o2)cc1. The number of hydrogen-bond acceptors (Lipinski definition) is 4. The van der Waals surface area contributed by atoms with Crippen molar-refractivity contribution >= 4 is 5.91 Å². The third kappa shape index (κ3) is 4.76. The fourth-order valence-electron chi connectivity index (χ4n) is 2.50. The molecule has 0 saturated carbocycles. The summed E-state index contributed by atoms with van der Waals surface area (Å²) in [5, 5.41) is 11.0. The summed E-state index contributed by atoms with van der Waals surface area (Å²) in [5.74, 6) is 0.924. The minimum atomic E-state index is -0.0309. The van der Waals surface area contributed by atoms with Crippen molar-refractivity contribution in [2.45, 2.75) is 33.2 Å². The highest BCUT2D eigenvalue weighted by molar-refractivity contribution is 5.76. The second-order valence-electron chi connectivity index (χ2n) is 6.13. The lowest BCUT2D eigenvalue weighted by Crippen LogP contribution is -2.23. The van der Waals surface area contributed by atoms with Crippen molar-refractivity contribution in [2.75, 3.05) is 0 Å². The summed E-state index contributed by atoms with van der Waals surface area (Å²) < 4.78 is 5.64. The van der Waals surface area contributed by atoms with Gasteiger partial charge in [0.1, 0.15) is 0 Å². The third-order valence-electron chi connectivity index (χ3n) is 3.90. The Labute approximate surface area is 147 Å². The van der Waals surface area contributed by atoms with E-state index >= 15 is 0 Å². The lowest BCUT2D eigenvalue weighted by molar-refractivity contribution is -0.121. The van der Waals surface area contributed by atoms with Gasteiger partial charge in [0.15, 0.2) is 0 Å². The second-order valence-corrected chi connectivity index (χ2v) is 6.13. The lowest BCUT2D eigenvalue weighted by atomic mass is 10.1. The first kappa shape index (κ1) is 16.9. The largest absolute Gasteiger partial charge is 0.421 e. The molecule has 1 heterocycles. The fraction of sp³-hybridized carbons (Fsp3) is 0.250. The van der Waals surface area contributed by atoms with E-state index in [1.54, 1.807) is 0 Å². The van der Waals surface area contributed by atoms with Crippen LogP contribution in [0.15, 0.2) is 52.9 Å². The van der Waals surface area contributed by atoms with Crippen molar-refractivity contribution in [2.24, 2.45) is 0 Å². The number of nitrogens with zero attached hydrogens (tertiary/aromatic N) is 2. The number of amides is 1. The highest BCUT2D eigenvalue weighted by atomic mass is 16.4. The Kier molecular flexibility index (Phi) is 5.23. The van der Waals surface area contributed by atoms with Crippen molar-refractivity contribution in [1.82, 2.24) is 15.5 Å². The Morgan fingerprint density at radius 3 is 2.60 bits per heavy atom. The van der Waals surface area contributed by atoms with Crippen molar-refractivity contribution in [1.29, 1.82) is 0 Å². The van der Waals surface area contributed by atoms with E-state index in [-0.39, 0.29) is 5.91 Å². The van der Waals surface area contributed by atoms with E-state index in [2.05, 4.69) is 21.6 Å². The zero-order valence-electron chi connectivity index (χ0n) is 14.5. The molecule has 3 aromatic rings. The number of rotatable bonds is 6. The summed E-state index contributed by atoms with van der Waals surface area (Å²) >= 11 is 0. The quantitative estimate of drug-likeness (QED) is 0.747. The number of carbonyl (C=O) groups excluding carboxylic acids is 1. The fourth-order valence-corrected chi connectivity index (χ4v) is 2.50. The van der Waals surface area contributed by atoms with Crippen LogP contribution in [0.1, 0.15) is 29.0 Å². The molecule has 1 aromatic heterocycles. The molecular weight excluding hydrogens is 314 g/mol. The van der Waals surface area contributed by atoms with Crippen LogP contribution in [0, 0.1) is 13.8 Å². The Morgan fingerprint density at radius 1 is 1.04 bits per heavy atom. The van der Waals surface area contributed by atoms with Gasteiger partial charge in [-0.1, -0.05) is 47.5 Å². The summed E-state index contributed by atoms with van der Waals surface area (Å²) in [5.41, 5.74) is 4.33. The maximum atomic E-state index is 12.0. The minimum absolute atomic E-state index is 0.0309. The Morgan fingerprint density at radius 2 is 1.84 bits per heavy atom. The van der Waals surface area contributed by atoms with E-state index in [0.717, 1.165) is 11.1 Å². The Hall–Kier alpha value is -2.95. The van der Waals surface area contributed by atoms with Crippen LogP contribution in [-0.2, 0) is 17.8 Å². The van der Waals surface area contributed by atoms with Crippen LogP contribution in [-0.4, -0.2) is 16.1 Å². The number of aryl methyl sites for hydroxylation is 3. The summed E-state index contributed by atoms with van der Waals surface area (Å²) in [6, 6.07) is 16.0. The molecule has 128 valence electrons. The molecule has 0 atom stereocenters. The number of nitrogens with one attached hydrogen (secondary N) is 1. The molecule has 0 saturated heterocycles. The molecule has 0 spiro atoms. The van der Waals surface area contributed by atoms with Crippen LogP contribution in [0.25, 0.3) is 11.5 Å². The van der Waals surface area contributed by atoms with Crippen molar-refractivity contribution in [3.05, 3.63) is 71.1 Å². The van der Waals surface area contributed by atoms with Gasteiger partial charge in [0.25, 0.3) is 0 Å². The van der Waals surface area contributed by atoms with Gasteiger partial charge in [0.2, 0.25) is 17.7 Å². The molecule has 0 bridgehead atoms. The van der Waals surface area contributed by atoms with Gasteiger partial charge >= 0.3 is 0 Å². The summed E-state index contributed by atoms with van der Waals surface area (Å²) in [6.07, 6.45) is 0.750.